The van der Waals surface area contributed by atoms with Gasteiger partial charge in [0.1, 0.15) is 0 Å². The van der Waals surface area contributed by atoms with Gasteiger partial charge in [-0.25, -0.2) is 0 Å². The zero-order valence-electron chi connectivity index (χ0n) is 15.2. The average Bonchev–Trinajstić information content (AvgIpc) is 3.17. The second kappa shape index (κ2) is 8.50. The number of nitrogens with zero attached hydrogens (tertiary/aromatic N) is 2. The first-order valence-corrected chi connectivity index (χ1v) is 9.36. The molecule has 1 unspecified atom stereocenters. The van der Waals surface area contributed by atoms with Crippen molar-refractivity contribution >= 4 is 23.2 Å². The van der Waals surface area contributed by atoms with Gasteiger partial charge in [-0.1, -0.05) is 41.4 Å². The summed E-state index contributed by atoms with van der Waals surface area (Å²) in [7, 11) is 0. The highest BCUT2D eigenvalue weighted by molar-refractivity contribution is 6.33. The Morgan fingerprint density at radius 3 is 2.52 bits per heavy atom. The fourth-order valence-corrected chi connectivity index (χ4v) is 3.59. The zero-order valence-corrected chi connectivity index (χ0v) is 15.9. The summed E-state index contributed by atoms with van der Waals surface area (Å²) in [5.74, 6) is -0.403. The number of nitrogens with one attached hydrogen (secondary N) is 1. The van der Waals surface area contributed by atoms with Gasteiger partial charge in [-0.05, 0) is 44.5 Å². The molecule has 1 atom stereocenters. The van der Waals surface area contributed by atoms with Gasteiger partial charge in [-0.3, -0.25) is 19.8 Å². The number of likely N-dealkylation sites (tertiary alicyclic amines) is 1. The van der Waals surface area contributed by atoms with E-state index in [0.717, 1.165) is 31.5 Å². The van der Waals surface area contributed by atoms with Crippen LogP contribution >= 0.6 is 11.6 Å². The number of benzene rings is 2. The first-order chi connectivity index (χ1) is 13.0. The van der Waals surface area contributed by atoms with Crippen molar-refractivity contribution in [2.75, 3.05) is 19.6 Å². The van der Waals surface area contributed by atoms with Crippen LogP contribution in [0.3, 0.4) is 0 Å². The van der Waals surface area contributed by atoms with E-state index in [1.165, 1.54) is 23.8 Å². The van der Waals surface area contributed by atoms with Crippen LogP contribution in [0.5, 0.6) is 0 Å². The molecule has 27 heavy (non-hydrogen) atoms. The maximum absolute atomic E-state index is 12.6. The molecule has 2 aromatic rings. The van der Waals surface area contributed by atoms with E-state index in [1.54, 1.807) is 0 Å². The van der Waals surface area contributed by atoms with Crippen molar-refractivity contribution in [2.45, 2.75) is 25.8 Å². The number of hydrogen-bond acceptors (Lipinski definition) is 4. The van der Waals surface area contributed by atoms with Crippen LogP contribution in [0.15, 0.2) is 42.5 Å². The molecular weight excluding hydrogens is 366 g/mol. The summed E-state index contributed by atoms with van der Waals surface area (Å²) in [6.07, 6.45) is 2.29. The minimum Gasteiger partial charge on any atom is -0.350 e. The highest BCUT2D eigenvalue weighted by Crippen LogP contribution is 2.26. The van der Waals surface area contributed by atoms with Crippen LogP contribution in [0, 0.1) is 17.0 Å². The van der Waals surface area contributed by atoms with Crippen LogP contribution in [-0.2, 0) is 0 Å². The Kier molecular flexibility index (Phi) is 6.08. The van der Waals surface area contributed by atoms with Crippen molar-refractivity contribution in [1.82, 2.24) is 10.2 Å². The average molecular weight is 388 g/mol. The molecule has 0 bridgehead atoms. The topological polar surface area (TPSA) is 75.5 Å². The Labute approximate surface area is 163 Å². The van der Waals surface area contributed by atoms with Gasteiger partial charge in [0.05, 0.1) is 21.6 Å². The highest BCUT2D eigenvalue weighted by atomic mass is 35.5. The van der Waals surface area contributed by atoms with Crippen LogP contribution < -0.4 is 5.32 Å². The minimum atomic E-state index is -0.535. The molecule has 0 saturated carbocycles. The van der Waals surface area contributed by atoms with E-state index in [2.05, 4.69) is 34.5 Å². The van der Waals surface area contributed by atoms with Crippen molar-refractivity contribution in [3.05, 3.63) is 74.3 Å². The maximum atomic E-state index is 12.6. The third-order valence-corrected chi connectivity index (χ3v) is 5.23. The van der Waals surface area contributed by atoms with Gasteiger partial charge in [0.2, 0.25) is 0 Å². The predicted molar refractivity (Wildman–Crippen MR) is 105 cm³/mol. The van der Waals surface area contributed by atoms with Crippen molar-refractivity contribution in [1.29, 1.82) is 0 Å². The molecule has 1 aliphatic heterocycles. The van der Waals surface area contributed by atoms with Crippen LogP contribution in [-0.4, -0.2) is 35.4 Å². The lowest BCUT2D eigenvalue weighted by Crippen LogP contribution is -2.36. The molecule has 1 N–H and O–H groups in total. The molecule has 7 heteroatoms. The standard InChI is InChI=1S/C20H22ClN3O3/c1-14-4-6-15(7-5-14)19(23-10-2-3-11-23)13-22-20(25)17-12-16(24(26)27)8-9-18(17)21/h4-9,12,19H,2-3,10-11,13H2,1H3,(H,22,25). The van der Waals surface area contributed by atoms with E-state index < -0.39 is 10.8 Å². The zero-order chi connectivity index (χ0) is 19.4. The summed E-state index contributed by atoms with van der Waals surface area (Å²) >= 11 is 6.08. The fourth-order valence-electron chi connectivity index (χ4n) is 3.39. The molecule has 1 heterocycles. The monoisotopic (exact) mass is 387 g/mol. The van der Waals surface area contributed by atoms with E-state index in [-0.39, 0.29) is 22.3 Å². The van der Waals surface area contributed by atoms with Crippen LogP contribution in [0.2, 0.25) is 5.02 Å². The quantitative estimate of drug-likeness (QED) is 0.597. The van der Waals surface area contributed by atoms with Gasteiger partial charge in [-0.2, -0.15) is 0 Å². The van der Waals surface area contributed by atoms with Crippen molar-refractivity contribution in [2.24, 2.45) is 0 Å². The van der Waals surface area contributed by atoms with E-state index in [1.807, 2.05) is 6.92 Å². The van der Waals surface area contributed by atoms with Gasteiger partial charge >= 0.3 is 0 Å². The molecule has 3 rings (SSSR count). The number of halogens is 1. The summed E-state index contributed by atoms with van der Waals surface area (Å²) in [5, 5.41) is 14.1. The van der Waals surface area contributed by atoms with E-state index in [4.69, 9.17) is 11.6 Å². The summed E-state index contributed by atoms with van der Waals surface area (Å²) in [6, 6.07) is 12.3. The van der Waals surface area contributed by atoms with Crippen LogP contribution in [0.4, 0.5) is 5.69 Å². The van der Waals surface area contributed by atoms with Gasteiger partial charge in [0.25, 0.3) is 11.6 Å². The largest absolute Gasteiger partial charge is 0.350 e. The van der Waals surface area contributed by atoms with Crippen molar-refractivity contribution < 1.29 is 9.72 Å². The van der Waals surface area contributed by atoms with Gasteiger partial charge < -0.3 is 5.32 Å². The van der Waals surface area contributed by atoms with Crippen molar-refractivity contribution in [3.8, 4) is 0 Å². The molecule has 0 aromatic heterocycles. The minimum absolute atomic E-state index is 0.0644. The predicted octanol–water partition coefficient (Wildman–Crippen LogP) is 4.12. The SMILES string of the molecule is Cc1ccc(C(CNC(=O)c2cc([N+](=O)[O-])ccc2Cl)N2CCCC2)cc1. The first kappa shape index (κ1) is 19.3. The normalized spacial score (nSPS) is 15.5. The Morgan fingerprint density at radius 1 is 1.22 bits per heavy atom. The van der Waals surface area contributed by atoms with Crippen molar-refractivity contribution in [3.63, 3.8) is 0 Å². The van der Waals surface area contributed by atoms with Crippen LogP contribution in [0.1, 0.15) is 40.4 Å². The molecule has 1 fully saturated rings. The first-order valence-electron chi connectivity index (χ1n) is 8.98. The number of aryl methyl sites for hydroxylation is 1. The second-order valence-corrected chi connectivity index (χ2v) is 7.21. The molecule has 0 radical (unpaired) electrons. The maximum Gasteiger partial charge on any atom is 0.270 e. The number of carbonyl (C=O) groups is 1. The van der Waals surface area contributed by atoms with Crippen LogP contribution in [0.25, 0.3) is 0 Å². The summed E-state index contributed by atoms with van der Waals surface area (Å²) < 4.78 is 0. The number of non-ortho nitro benzene ring substituents is 1. The third-order valence-electron chi connectivity index (χ3n) is 4.90. The molecule has 1 amide bonds. The number of carbonyl (C=O) groups excluding carboxylic acids is 1. The Balaban J connectivity index is 1.77. The molecular formula is C20H22ClN3O3. The van der Waals surface area contributed by atoms with Gasteiger partial charge in [0.15, 0.2) is 0 Å². The Bertz CT molecular complexity index is 833. The summed E-state index contributed by atoms with van der Waals surface area (Å²) in [6.45, 7) is 4.44. The third kappa shape index (κ3) is 4.64. The highest BCUT2D eigenvalue weighted by Gasteiger charge is 2.25. The lowest BCUT2D eigenvalue weighted by atomic mass is 10.0. The lowest BCUT2D eigenvalue weighted by molar-refractivity contribution is -0.384. The molecule has 6 nitrogen and oxygen atoms in total. The summed E-state index contributed by atoms with van der Waals surface area (Å²) in [4.78, 5) is 25.4. The van der Waals surface area contributed by atoms with Gasteiger partial charge in [-0.15, -0.1) is 0 Å². The number of nitro benzene ring substituents is 1. The fraction of sp³-hybridized carbons (Fsp3) is 0.350. The second-order valence-electron chi connectivity index (χ2n) is 6.80. The van der Waals surface area contributed by atoms with E-state index in [9.17, 15) is 14.9 Å². The Hall–Kier alpha value is -2.44. The lowest BCUT2D eigenvalue weighted by Gasteiger charge is -2.28. The molecule has 0 spiro atoms. The van der Waals surface area contributed by atoms with E-state index >= 15 is 0 Å². The molecule has 2 aromatic carbocycles. The van der Waals surface area contributed by atoms with Gasteiger partial charge in [0, 0.05) is 18.7 Å². The number of rotatable bonds is 6. The molecule has 1 saturated heterocycles. The number of amides is 1. The number of hydrogen-bond donors (Lipinski definition) is 1. The smallest absolute Gasteiger partial charge is 0.270 e. The molecule has 142 valence electrons. The van der Waals surface area contributed by atoms with E-state index in [0.29, 0.717) is 6.54 Å². The molecule has 0 aliphatic carbocycles. The molecule has 1 aliphatic rings. The summed E-state index contributed by atoms with van der Waals surface area (Å²) in [5.41, 5.74) is 2.30. The number of nitro groups is 1. The Morgan fingerprint density at radius 2 is 1.89 bits per heavy atom.